The van der Waals surface area contributed by atoms with E-state index in [2.05, 4.69) is 0 Å². The van der Waals surface area contributed by atoms with E-state index in [-0.39, 0.29) is 33.0 Å². The zero-order valence-electron chi connectivity index (χ0n) is 18.9. The molecular formula is C20H38O11. The van der Waals surface area contributed by atoms with Crippen molar-refractivity contribution in [3.63, 3.8) is 0 Å². The molecule has 0 aromatic heterocycles. The van der Waals surface area contributed by atoms with Crippen molar-refractivity contribution in [1.82, 2.24) is 0 Å². The Kier molecular flexibility index (Phi) is 11.5. The summed E-state index contributed by atoms with van der Waals surface area (Å²) in [4.78, 5) is 0. The van der Waals surface area contributed by atoms with Gasteiger partial charge in [-0.1, -0.05) is 0 Å². The normalized spacial score (nSPS) is 41.4. The summed E-state index contributed by atoms with van der Waals surface area (Å²) in [5, 5.41) is 30.0. The Balaban J connectivity index is 2.34. The first-order chi connectivity index (χ1) is 15.0. The first-order valence-corrected chi connectivity index (χ1v) is 10.4. The van der Waals surface area contributed by atoms with Crippen LogP contribution in [0.4, 0.5) is 0 Å². The SMILES string of the molecule is COCC1O[C@H](O[C@@H]2C(OC)[C@@H](OC)OC(COC)[C@H]2CO)C(OC)[C@@H](CO)[C@@H]1CO. The van der Waals surface area contributed by atoms with Gasteiger partial charge in [0.1, 0.15) is 12.2 Å². The van der Waals surface area contributed by atoms with Crippen LogP contribution in [0.1, 0.15) is 0 Å². The Labute approximate surface area is 183 Å². The molecule has 0 radical (unpaired) electrons. The third-order valence-corrected chi connectivity index (χ3v) is 6.19. The van der Waals surface area contributed by atoms with Gasteiger partial charge in [0.15, 0.2) is 12.6 Å². The van der Waals surface area contributed by atoms with Crippen molar-refractivity contribution >= 4 is 0 Å². The van der Waals surface area contributed by atoms with Gasteiger partial charge in [0, 0.05) is 66.5 Å². The van der Waals surface area contributed by atoms with Gasteiger partial charge in [-0.05, 0) is 0 Å². The molecule has 0 bridgehead atoms. The van der Waals surface area contributed by atoms with Crippen molar-refractivity contribution in [3.05, 3.63) is 0 Å². The van der Waals surface area contributed by atoms with Crippen LogP contribution in [0.2, 0.25) is 0 Å². The molecule has 0 aliphatic carbocycles. The minimum Gasteiger partial charge on any atom is -0.396 e. The summed E-state index contributed by atoms with van der Waals surface area (Å²) in [7, 11) is 7.56. The number of aliphatic hydroxyl groups excluding tert-OH is 3. The summed E-state index contributed by atoms with van der Waals surface area (Å²) in [6.07, 6.45) is -4.72. The van der Waals surface area contributed by atoms with E-state index in [4.69, 9.17) is 37.9 Å². The molecular weight excluding hydrogens is 416 g/mol. The fourth-order valence-corrected chi connectivity index (χ4v) is 4.56. The lowest BCUT2D eigenvalue weighted by Gasteiger charge is -2.49. The van der Waals surface area contributed by atoms with E-state index in [1.165, 1.54) is 28.4 Å². The van der Waals surface area contributed by atoms with Crippen molar-refractivity contribution in [2.45, 2.75) is 43.1 Å². The molecule has 10 atom stereocenters. The highest BCUT2D eigenvalue weighted by Gasteiger charge is 2.52. The Morgan fingerprint density at radius 2 is 1.10 bits per heavy atom. The van der Waals surface area contributed by atoms with Gasteiger partial charge in [0.25, 0.3) is 0 Å². The fourth-order valence-electron chi connectivity index (χ4n) is 4.56. The van der Waals surface area contributed by atoms with E-state index in [9.17, 15) is 15.3 Å². The van der Waals surface area contributed by atoms with E-state index in [1.54, 1.807) is 7.11 Å². The molecule has 0 spiro atoms. The minimum atomic E-state index is -0.916. The molecule has 0 saturated carbocycles. The highest BCUT2D eigenvalue weighted by molar-refractivity contribution is 4.94. The maximum atomic E-state index is 10.1. The lowest BCUT2D eigenvalue weighted by atomic mass is 9.81. The number of rotatable bonds is 12. The van der Waals surface area contributed by atoms with Crippen LogP contribution in [0.3, 0.4) is 0 Å². The van der Waals surface area contributed by atoms with Gasteiger partial charge in [0.05, 0.1) is 38.1 Å². The second kappa shape index (κ2) is 13.3. The molecule has 11 heteroatoms. The van der Waals surface area contributed by atoms with Gasteiger partial charge >= 0.3 is 0 Å². The molecule has 184 valence electrons. The molecule has 4 unspecified atom stereocenters. The van der Waals surface area contributed by atoms with Crippen LogP contribution < -0.4 is 0 Å². The lowest BCUT2D eigenvalue weighted by molar-refractivity contribution is -0.353. The molecule has 2 aliphatic heterocycles. The van der Waals surface area contributed by atoms with Crippen molar-refractivity contribution in [2.24, 2.45) is 17.8 Å². The number of hydrogen-bond donors (Lipinski definition) is 3. The Morgan fingerprint density at radius 3 is 1.55 bits per heavy atom. The number of methoxy groups -OCH3 is 5. The van der Waals surface area contributed by atoms with Crippen LogP contribution in [0.15, 0.2) is 0 Å². The molecule has 2 saturated heterocycles. The summed E-state index contributed by atoms with van der Waals surface area (Å²) in [6.45, 7) is -0.256. The first kappa shape index (κ1) is 26.8. The van der Waals surface area contributed by atoms with E-state index >= 15 is 0 Å². The fraction of sp³-hybridized carbons (Fsp3) is 1.00. The van der Waals surface area contributed by atoms with E-state index in [1.807, 2.05) is 0 Å². The van der Waals surface area contributed by atoms with Gasteiger partial charge < -0.3 is 53.2 Å². The molecule has 2 fully saturated rings. The van der Waals surface area contributed by atoms with Crippen molar-refractivity contribution in [2.75, 3.05) is 68.6 Å². The molecule has 2 heterocycles. The zero-order valence-corrected chi connectivity index (χ0v) is 18.9. The second-order valence-electron chi connectivity index (χ2n) is 7.77. The zero-order chi connectivity index (χ0) is 23.0. The topological polar surface area (TPSA) is 135 Å². The van der Waals surface area contributed by atoms with Crippen LogP contribution in [-0.2, 0) is 37.9 Å². The molecule has 11 nitrogen and oxygen atoms in total. The molecule has 0 amide bonds. The third kappa shape index (κ3) is 5.92. The average molecular weight is 455 g/mol. The molecule has 0 aromatic carbocycles. The van der Waals surface area contributed by atoms with E-state index < -0.39 is 60.9 Å². The predicted octanol–water partition coefficient (Wildman–Crippen LogP) is -1.38. The van der Waals surface area contributed by atoms with Gasteiger partial charge in [-0.2, -0.15) is 0 Å². The van der Waals surface area contributed by atoms with Gasteiger partial charge in [0.2, 0.25) is 0 Å². The smallest absolute Gasteiger partial charge is 0.186 e. The van der Waals surface area contributed by atoms with Gasteiger partial charge in [-0.25, -0.2) is 0 Å². The quantitative estimate of drug-likeness (QED) is 0.322. The molecule has 0 aromatic rings. The second-order valence-corrected chi connectivity index (χ2v) is 7.77. The van der Waals surface area contributed by atoms with Crippen LogP contribution in [0, 0.1) is 17.8 Å². The van der Waals surface area contributed by atoms with Crippen LogP contribution in [0.25, 0.3) is 0 Å². The predicted molar refractivity (Wildman–Crippen MR) is 106 cm³/mol. The van der Waals surface area contributed by atoms with Crippen molar-refractivity contribution < 1.29 is 53.2 Å². The standard InChI is InChI=1S/C20H38O11/c1-24-9-14-11(6-21)12(7-22)17(26-3)20(30-14)31-16-13(8-23)15(10-25-2)29-19(28-5)18(16)27-4/h11-23H,6-10H2,1-5H3/t11-,12-,13+,14?,15?,16-,17?,18?,19-,20+/m0/s1. The maximum absolute atomic E-state index is 10.1. The van der Waals surface area contributed by atoms with Crippen LogP contribution in [-0.4, -0.2) is 127 Å². The van der Waals surface area contributed by atoms with Crippen molar-refractivity contribution in [3.8, 4) is 0 Å². The minimum absolute atomic E-state index is 0.204. The average Bonchev–Trinajstić information content (AvgIpc) is 2.78. The maximum Gasteiger partial charge on any atom is 0.186 e. The monoisotopic (exact) mass is 454 g/mol. The van der Waals surface area contributed by atoms with Crippen LogP contribution >= 0.6 is 0 Å². The van der Waals surface area contributed by atoms with Gasteiger partial charge in [-0.3, -0.25) is 0 Å². The summed E-state index contributed by atoms with van der Waals surface area (Å²) in [6, 6.07) is 0. The van der Waals surface area contributed by atoms with Gasteiger partial charge in [-0.15, -0.1) is 0 Å². The Morgan fingerprint density at radius 1 is 0.581 bits per heavy atom. The molecule has 3 N–H and O–H groups in total. The van der Waals surface area contributed by atoms with E-state index in [0.29, 0.717) is 0 Å². The van der Waals surface area contributed by atoms with Crippen LogP contribution in [0.5, 0.6) is 0 Å². The summed E-state index contributed by atoms with van der Waals surface area (Å²) in [5.74, 6) is -1.35. The lowest BCUT2D eigenvalue weighted by Crippen LogP contribution is -2.63. The highest BCUT2D eigenvalue weighted by Crippen LogP contribution is 2.37. The number of ether oxygens (including phenoxy) is 8. The summed E-state index contributed by atoms with van der Waals surface area (Å²) < 4.78 is 45.6. The van der Waals surface area contributed by atoms with Crippen molar-refractivity contribution in [1.29, 1.82) is 0 Å². The highest BCUT2D eigenvalue weighted by atomic mass is 16.7. The molecule has 2 aliphatic rings. The Hall–Kier alpha value is -0.440. The summed E-state index contributed by atoms with van der Waals surface area (Å²) >= 11 is 0. The largest absolute Gasteiger partial charge is 0.396 e. The summed E-state index contributed by atoms with van der Waals surface area (Å²) in [5.41, 5.74) is 0. The third-order valence-electron chi connectivity index (χ3n) is 6.19. The number of aliphatic hydroxyl groups is 3. The number of hydrogen-bond acceptors (Lipinski definition) is 11. The molecule has 2 rings (SSSR count). The Bertz CT molecular complexity index is 496. The first-order valence-electron chi connectivity index (χ1n) is 10.4. The van der Waals surface area contributed by atoms with E-state index in [0.717, 1.165) is 0 Å². The molecule has 31 heavy (non-hydrogen) atoms.